The van der Waals surface area contributed by atoms with Gasteiger partial charge in [0.2, 0.25) is 5.75 Å². The highest BCUT2D eigenvalue weighted by atomic mass is 32.1. The molecule has 0 saturated carbocycles. The van der Waals surface area contributed by atoms with E-state index >= 15 is 0 Å². The van der Waals surface area contributed by atoms with Crippen LogP contribution < -0.4 is 38.6 Å². The minimum Gasteiger partial charge on any atom is -0.493 e. The predicted molar refractivity (Wildman–Crippen MR) is 146 cm³/mol. The average Bonchev–Trinajstić information content (AvgIpc) is 3.24. The minimum atomic E-state index is -0.790. The molecule has 1 aliphatic heterocycles. The van der Waals surface area contributed by atoms with Gasteiger partial charge in [-0.3, -0.25) is 9.36 Å². The van der Waals surface area contributed by atoms with Gasteiger partial charge >= 0.3 is 5.97 Å². The zero-order valence-corrected chi connectivity index (χ0v) is 23.6. The Morgan fingerprint density at radius 3 is 2.15 bits per heavy atom. The van der Waals surface area contributed by atoms with Crippen LogP contribution in [0.5, 0.6) is 28.7 Å². The van der Waals surface area contributed by atoms with E-state index in [2.05, 4.69) is 4.99 Å². The minimum absolute atomic E-state index is 0.180. The zero-order chi connectivity index (χ0) is 28.3. The SMILES string of the molecule is CCOC(=O)C1=C(C)N=c2s/c(=C\c3cc(OC)c(OC)c(OC)c3)c(=O)n2C1c1ccc(OC)c(OC)c1. The van der Waals surface area contributed by atoms with E-state index in [1.165, 1.54) is 51.5 Å². The lowest BCUT2D eigenvalue weighted by atomic mass is 9.95. The quantitative estimate of drug-likeness (QED) is 0.372. The molecule has 0 aliphatic carbocycles. The Morgan fingerprint density at radius 2 is 1.59 bits per heavy atom. The molecular weight excluding hydrogens is 524 g/mol. The van der Waals surface area contributed by atoms with Crippen molar-refractivity contribution < 1.29 is 33.2 Å². The molecule has 3 aromatic rings. The number of thiazole rings is 1. The van der Waals surface area contributed by atoms with Crippen molar-refractivity contribution in [3.8, 4) is 28.7 Å². The normalized spacial score (nSPS) is 14.8. The predicted octanol–water partition coefficient (Wildman–Crippen LogP) is 2.84. The molecule has 0 saturated heterocycles. The molecule has 1 aliphatic rings. The molecule has 0 spiro atoms. The number of ether oxygens (including phenoxy) is 6. The molecule has 1 atom stereocenters. The lowest BCUT2D eigenvalue weighted by Gasteiger charge is -2.25. The Balaban J connectivity index is 1.97. The van der Waals surface area contributed by atoms with Crippen LogP contribution in [0.2, 0.25) is 0 Å². The third-order valence-corrected chi connectivity index (χ3v) is 7.21. The number of aromatic nitrogens is 1. The van der Waals surface area contributed by atoms with Crippen LogP contribution in [0.15, 0.2) is 51.4 Å². The van der Waals surface area contributed by atoms with Crippen LogP contribution in [-0.4, -0.2) is 52.7 Å². The van der Waals surface area contributed by atoms with Crippen LogP contribution in [0.3, 0.4) is 0 Å². The number of hydrogen-bond acceptors (Lipinski definition) is 10. The molecule has 10 nitrogen and oxygen atoms in total. The van der Waals surface area contributed by atoms with Gasteiger partial charge < -0.3 is 28.4 Å². The molecule has 39 heavy (non-hydrogen) atoms. The van der Waals surface area contributed by atoms with E-state index in [9.17, 15) is 9.59 Å². The van der Waals surface area contributed by atoms with Crippen molar-refractivity contribution in [1.82, 2.24) is 4.57 Å². The maximum absolute atomic E-state index is 13.9. The highest BCUT2D eigenvalue weighted by molar-refractivity contribution is 7.07. The Bertz CT molecular complexity index is 1590. The Morgan fingerprint density at radius 1 is 0.949 bits per heavy atom. The average molecular weight is 555 g/mol. The summed E-state index contributed by atoms with van der Waals surface area (Å²) in [5.74, 6) is 1.81. The Kier molecular flexibility index (Phi) is 8.29. The van der Waals surface area contributed by atoms with Crippen LogP contribution >= 0.6 is 11.3 Å². The molecule has 0 fully saturated rings. The van der Waals surface area contributed by atoms with Gasteiger partial charge in [-0.15, -0.1) is 0 Å². The summed E-state index contributed by atoms with van der Waals surface area (Å²) in [6.07, 6.45) is 1.73. The summed E-state index contributed by atoms with van der Waals surface area (Å²) in [5, 5.41) is 0. The molecule has 2 heterocycles. The first-order valence-electron chi connectivity index (χ1n) is 12.0. The lowest BCUT2D eigenvalue weighted by Crippen LogP contribution is -2.40. The smallest absolute Gasteiger partial charge is 0.338 e. The maximum atomic E-state index is 13.9. The summed E-state index contributed by atoms with van der Waals surface area (Å²) in [6.45, 7) is 3.64. The van der Waals surface area contributed by atoms with Gasteiger partial charge in [-0.2, -0.15) is 0 Å². The molecule has 11 heteroatoms. The van der Waals surface area contributed by atoms with Crippen LogP contribution in [-0.2, 0) is 9.53 Å². The van der Waals surface area contributed by atoms with E-state index in [0.29, 0.717) is 54.9 Å². The Hall–Kier alpha value is -4.25. The molecule has 4 rings (SSSR count). The van der Waals surface area contributed by atoms with Crippen molar-refractivity contribution in [1.29, 1.82) is 0 Å². The van der Waals surface area contributed by atoms with Crippen molar-refractivity contribution in [2.45, 2.75) is 19.9 Å². The van der Waals surface area contributed by atoms with Gasteiger partial charge in [0.05, 0.1) is 64.0 Å². The van der Waals surface area contributed by atoms with Crippen LogP contribution in [0.1, 0.15) is 31.0 Å². The number of carbonyl (C=O) groups is 1. The first-order chi connectivity index (χ1) is 18.8. The van der Waals surface area contributed by atoms with Gasteiger partial charge in [0.25, 0.3) is 5.56 Å². The molecule has 2 aromatic carbocycles. The van der Waals surface area contributed by atoms with Gasteiger partial charge in [-0.25, -0.2) is 9.79 Å². The van der Waals surface area contributed by atoms with Gasteiger partial charge in [0.1, 0.15) is 0 Å². The topological polar surface area (TPSA) is 107 Å². The number of benzene rings is 2. The number of hydrogen-bond donors (Lipinski definition) is 0. The number of rotatable bonds is 9. The summed E-state index contributed by atoms with van der Waals surface area (Å²) in [6, 6.07) is 7.99. The number of fused-ring (bicyclic) bond motifs is 1. The van der Waals surface area contributed by atoms with Gasteiger partial charge in [-0.1, -0.05) is 17.4 Å². The molecule has 0 N–H and O–H groups in total. The van der Waals surface area contributed by atoms with Gasteiger partial charge in [-0.05, 0) is 55.3 Å². The van der Waals surface area contributed by atoms with Crippen molar-refractivity contribution in [2.75, 3.05) is 42.2 Å². The van der Waals surface area contributed by atoms with Crippen LogP contribution in [0, 0.1) is 0 Å². The molecule has 0 amide bonds. The summed E-state index contributed by atoms with van der Waals surface area (Å²) >= 11 is 1.21. The number of carbonyl (C=O) groups excluding carboxylic acids is 1. The van der Waals surface area contributed by atoms with Crippen molar-refractivity contribution in [3.05, 3.63) is 72.4 Å². The fourth-order valence-electron chi connectivity index (χ4n) is 4.47. The molecule has 0 radical (unpaired) electrons. The summed E-state index contributed by atoms with van der Waals surface area (Å²) < 4.78 is 34.5. The fraction of sp³-hybridized carbons (Fsp3) is 0.321. The standard InChI is InChI=1S/C28H30N2O8S/c1-8-38-27(32)23-15(2)29-28-30(24(23)17-9-10-18(33-3)19(14-17)34-4)26(31)22(39-28)13-16-11-20(35-5)25(37-7)21(12-16)36-6/h9-14,24H,8H2,1-7H3/b22-13-. The van der Waals surface area contributed by atoms with Gasteiger partial charge in [0, 0.05) is 0 Å². The van der Waals surface area contributed by atoms with E-state index < -0.39 is 12.0 Å². The fourth-order valence-corrected chi connectivity index (χ4v) is 5.51. The van der Waals surface area contributed by atoms with Crippen molar-refractivity contribution >= 4 is 23.4 Å². The third kappa shape index (κ3) is 5.09. The molecule has 0 bridgehead atoms. The highest BCUT2D eigenvalue weighted by Crippen LogP contribution is 2.39. The first kappa shape index (κ1) is 27.8. The molecule has 206 valence electrons. The van der Waals surface area contributed by atoms with Crippen molar-refractivity contribution in [2.24, 2.45) is 4.99 Å². The van der Waals surface area contributed by atoms with Crippen LogP contribution in [0.25, 0.3) is 6.08 Å². The monoisotopic (exact) mass is 554 g/mol. The van der Waals surface area contributed by atoms with E-state index in [1.54, 1.807) is 50.3 Å². The van der Waals surface area contributed by atoms with E-state index in [4.69, 9.17) is 28.4 Å². The third-order valence-electron chi connectivity index (χ3n) is 6.23. The molecular formula is C28H30N2O8S. The summed E-state index contributed by atoms with van der Waals surface area (Å²) in [4.78, 5) is 32.1. The number of allylic oxidation sites excluding steroid dienone is 1. The van der Waals surface area contributed by atoms with Crippen LogP contribution in [0.4, 0.5) is 0 Å². The van der Waals surface area contributed by atoms with Crippen molar-refractivity contribution in [3.63, 3.8) is 0 Å². The van der Waals surface area contributed by atoms with E-state index in [1.807, 2.05) is 0 Å². The zero-order valence-electron chi connectivity index (χ0n) is 22.8. The second kappa shape index (κ2) is 11.6. The summed E-state index contributed by atoms with van der Waals surface area (Å²) in [5.41, 5.74) is 1.73. The lowest BCUT2D eigenvalue weighted by molar-refractivity contribution is -0.139. The second-order valence-corrected chi connectivity index (χ2v) is 9.38. The highest BCUT2D eigenvalue weighted by Gasteiger charge is 2.34. The number of esters is 1. The number of nitrogens with zero attached hydrogens (tertiary/aromatic N) is 2. The number of methoxy groups -OCH3 is 5. The van der Waals surface area contributed by atoms with E-state index in [-0.39, 0.29) is 17.7 Å². The maximum Gasteiger partial charge on any atom is 0.338 e. The molecule has 1 unspecified atom stereocenters. The molecule has 1 aromatic heterocycles. The second-order valence-electron chi connectivity index (χ2n) is 8.38. The first-order valence-corrected chi connectivity index (χ1v) is 12.8. The van der Waals surface area contributed by atoms with Gasteiger partial charge in [0.15, 0.2) is 27.8 Å². The largest absolute Gasteiger partial charge is 0.493 e. The van der Waals surface area contributed by atoms with E-state index in [0.717, 1.165) is 0 Å². The summed E-state index contributed by atoms with van der Waals surface area (Å²) in [7, 11) is 7.64. The Labute approximate surface area is 229 Å².